The molecule has 1 amide bonds. The highest BCUT2D eigenvalue weighted by Gasteiger charge is 2.19. The number of nitrogens with zero attached hydrogens (tertiary/aromatic N) is 1. The number of rotatable bonds is 6. The van der Waals surface area contributed by atoms with Crippen molar-refractivity contribution in [1.82, 2.24) is 10.3 Å². The van der Waals surface area contributed by atoms with E-state index < -0.39 is 18.0 Å². The molecule has 7 heteroatoms. The predicted molar refractivity (Wildman–Crippen MR) is 102 cm³/mol. The van der Waals surface area contributed by atoms with Gasteiger partial charge in [-0.3, -0.25) is 4.79 Å². The summed E-state index contributed by atoms with van der Waals surface area (Å²) >= 11 is 0. The number of ether oxygens (including phenoxy) is 1. The van der Waals surface area contributed by atoms with Gasteiger partial charge in [-0.2, -0.15) is 0 Å². The van der Waals surface area contributed by atoms with E-state index in [0.29, 0.717) is 11.1 Å². The van der Waals surface area contributed by atoms with Crippen LogP contribution in [0.15, 0.2) is 59.0 Å². The lowest BCUT2D eigenvalue weighted by Crippen LogP contribution is -2.37. The highest BCUT2D eigenvalue weighted by molar-refractivity contribution is 5.90. The monoisotopic (exact) mass is 382 g/mol. The lowest BCUT2D eigenvalue weighted by atomic mass is 10.1. The number of nitrogens with one attached hydrogen (secondary N) is 1. The van der Waals surface area contributed by atoms with Crippen molar-refractivity contribution in [2.45, 2.75) is 26.0 Å². The number of oxazole rings is 1. The molecule has 28 heavy (non-hydrogen) atoms. The van der Waals surface area contributed by atoms with Crippen LogP contribution in [0.3, 0.4) is 0 Å². The van der Waals surface area contributed by atoms with E-state index in [1.54, 1.807) is 31.2 Å². The molecule has 0 aliphatic heterocycles. The van der Waals surface area contributed by atoms with E-state index in [1.165, 1.54) is 25.1 Å². The Labute approximate surface area is 161 Å². The van der Waals surface area contributed by atoms with Crippen molar-refractivity contribution in [2.24, 2.45) is 0 Å². The SMILES string of the molecule is CC(OC(=O)/C=C/c1nc2ccccc2o1)C(=O)NC(C)c1ccc(F)cc1. The Morgan fingerprint density at radius 3 is 2.57 bits per heavy atom. The minimum absolute atomic E-state index is 0.264. The summed E-state index contributed by atoms with van der Waals surface area (Å²) in [6.45, 7) is 3.23. The molecule has 2 atom stereocenters. The first-order valence-corrected chi connectivity index (χ1v) is 8.72. The third-order valence-corrected chi connectivity index (χ3v) is 4.06. The zero-order valence-corrected chi connectivity index (χ0v) is 15.4. The van der Waals surface area contributed by atoms with Gasteiger partial charge in [-0.25, -0.2) is 14.2 Å². The summed E-state index contributed by atoms with van der Waals surface area (Å²) in [7, 11) is 0. The molecule has 0 radical (unpaired) electrons. The summed E-state index contributed by atoms with van der Waals surface area (Å²) in [4.78, 5) is 28.4. The predicted octanol–water partition coefficient (Wildman–Crippen LogP) is 3.79. The number of fused-ring (bicyclic) bond motifs is 1. The van der Waals surface area contributed by atoms with Gasteiger partial charge in [0.05, 0.1) is 6.04 Å². The number of para-hydroxylation sites is 2. The van der Waals surface area contributed by atoms with E-state index in [1.807, 2.05) is 12.1 Å². The molecule has 1 heterocycles. The molecule has 2 aromatic carbocycles. The van der Waals surface area contributed by atoms with Gasteiger partial charge in [0.1, 0.15) is 11.3 Å². The Bertz CT molecular complexity index is 978. The fraction of sp³-hybridized carbons (Fsp3) is 0.190. The largest absolute Gasteiger partial charge is 0.449 e. The molecule has 3 rings (SSSR count). The van der Waals surface area contributed by atoms with Crippen LogP contribution in [-0.4, -0.2) is 23.0 Å². The van der Waals surface area contributed by atoms with Crippen molar-refractivity contribution < 1.29 is 23.1 Å². The third-order valence-electron chi connectivity index (χ3n) is 4.06. The molecular formula is C21H19FN2O4. The van der Waals surface area contributed by atoms with Crippen LogP contribution in [0.25, 0.3) is 17.2 Å². The van der Waals surface area contributed by atoms with E-state index in [2.05, 4.69) is 10.3 Å². The number of esters is 1. The van der Waals surface area contributed by atoms with Crippen LogP contribution >= 0.6 is 0 Å². The molecular weight excluding hydrogens is 363 g/mol. The Morgan fingerprint density at radius 1 is 1.14 bits per heavy atom. The maximum absolute atomic E-state index is 13.0. The molecule has 0 fully saturated rings. The van der Waals surface area contributed by atoms with Gasteiger partial charge in [-0.05, 0) is 43.7 Å². The summed E-state index contributed by atoms with van der Waals surface area (Å²) in [5.74, 6) is -1.24. The molecule has 0 aliphatic rings. The first-order chi connectivity index (χ1) is 13.4. The maximum atomic E-state index is 13.0. The van der Waals surface area contributed by atoms with Gasteiger partial charge in [0.25, 0.3) is 5.91 Å². The second-order valence-corrected chi connectivity index (χ2v) is 6.21. The molecule has 0 spiro atoms. The van der Waals surface area contributed by atoms with E-state index in [4.69, 9.17) is 9.15 Å². The van der Waals surface area contributed by atoms with Crippen LogP contribution in [0.5, 0.6) is 0 Å². The standard InChI is InChI=1S/C21H19FN2O4/c1-13(15-7-9-16(22)10-8-15)23-21(26)14(2)27-20(25)12-11-19-24-17-5-3-4-6-18(17)28-19/h3-14H,1-2H3,(H,23,26)/b12-11+. The Morgan fingerprint density at radius 2 is 1.86 bits per heavy atom. The summed E-state index contributed by atoms with van der Waals surface area (Å²) in [6.07, 6.45) is 1.54. The first kappa shape index (κ1) is 19.3. The fourth-order valence-corrected chi connectivity index (χ4v) is 2.53. The summed E-state index contributed by atoms with van der Waals surface area (Å²) < 4.78 is 23.5. The second-order valence-electron chi connectivity index (χ2n) is 6.21. The van der Waals surface area contributed by atoms with Crippen LogP contribution < -0.4 is 5.32 Å². The lowest BCUT2D eigenvalue weighted by molar-refractivity contribution is -0.150. The topological polar surface area (TPSA) is 81.4 Å². The number of halogens is 1. The maximum Gasteiger partial charge on any atom is 0.331 e. The molecule has 1 N–H and O–H groups in total. The molecule has 144 valence electrons. The van der Waals surface area contributed by atoms with Crippen molar-refractivity contribution in [3.8, 4) is 0 Å². The van der Waals surface area contributed by atoms with E-state index in [-0.39, 0.29) is 17.7 Å². The lowest BCUT2D eigenvalue weighted by Gasteiger charge is -2.17. The van der Waals surface area contributed by atoms with Crippen molar-refractivity contribution >= 4 is 29.1 Å². The van der Waals surface area contributed by atoms with Crippen molar-refractivity contribution in [2.75, 3.05) is 0 Å². The van der Waals surface area contributed by atoms with Gasteiger partial charge in [-0.1, -0.05) is 24.3 Å². The number of amides is 1. The van der Waals surface area contributed by atoms with E-state index >= 15 is 0 Å². The van der Waals surface area contributed by atoms with Crippen LogP contribution in [0, 0.1) is 5.82 Å². The molecule has 3 aromatic rings. The van der Waals surface area contributed by atoms with Gasteiger partial charge in [0.2, 0.25) is 5.89 Å². The quantitative estimate of drug-likeness (QED) is 0.518. The normalized spacial score (nSPS) is 13.4. The molecule has 2 unspecified atom stereocenters. The zero-order chi connectivity index (χ0) is 20.1. The molecule has 0 saturated heterocycles. The molecule has 0 saturated carbocycles. The van der Waals surface area contributed by atoms with Crippen LogP contribution in [0.2, 0.25) is 0 Å². The summed E-state index contributed by atoms with van der Waals surface area (Å²) in [6, 6.07) is 12.7. The number of benzene rings is 2. The first-order valence-electron chi connectivity index (χ1n) is 8.72. The van der Waals surface area contributed by atoms with Gasteiger partial charge < -0.3 is 14.5 Å². The number of hydrogen-bond donors (Lipinski definition) is 1. The van der Waals surface area contributed by atoms with Crippen LogP contribution in [0.1, 0.15) is 31.3 Å². The van der Waals surface area contributed by atoms with E-state index in [9.17, 15) is 14.0 Å². The average Bonchev–Trinajstić information content (AvgIpc) is 3.09. The average molecular weight is 382 g/mol. The number of hydrogen-bond acceptors (Lipinski definition) is 5. The summed E-state index contributed by atoms with van der Waals surface area (Å²) in [5.41, 5.74) is 2.03. The van der Waals surface area contributed by atoms with Gasteiger partial charge in [-0.15, -0.1) is 0 Å². The van der Waals surface area contributed by atoms with E-state index in [0.717, 1.165) is 11.6 Å². The number of carbonyl (C=O) groups is 2. The smallest absolute Gasteiger partial charge is 0.331 e. The molecule has 0 bridgehead atoms. The Balaban J connectivity index is 1.54. The molecule has 6 nitrogen and oxygen atoms in total. The minimum Gasteiger partial charge on any atom is -0.449 e. The van der Waals surface area contributed by atoms with Crippen molar-refractivity contribution in [3.05, 3.63) is 71.9 Å². The van der Waals surface area contributed by atoms with Gasteiger partial charge >= 0.3 is 5.97 Å². The van der Waals surface area contributed by atoms with Gasteiger partial charge in [0, 0.05) is 12.2 Å². The Kier molecular flexibility index (Phi) is 5.84. The third kappa shape index (κ3) is 4.82. The summed E-state index contributed by atoms with van der Waals surface area (Å²) in [5, 5.41) is 2.72. The van der Waals surface area contributed by atoms with Crippen molar-refractivity contribution in [1.29, 1.82) is 0 Å². The van der Waals surface area contributed by atoms with Crippen molar-refractivity contribution in [3.63, 3.8) is 0 Å². The van der Waals surface area contributed by atoms with Crippen LogP contribution in [0.4, 0.5) is 4.39 Å². The second kappa shape index (κ2) is 8.47. The number of aromatic nitrogens is 1. The fourth-order valence-electron chi connectivity index (χ4n) is 2.53. The molecule has 1 aromatic heterocycles. The highest BCUT2D eigenvalue weighted by atomic mass is 19.1. The number of carbonyl (C=O) groups excluding carboxylic acids is 2. The minimum atomic E-state index is -0.997. The van der Waals surface area contributed by atoms with Crippen LogP contribution in [-0.2, 0) is 14.3 Å². The highest BCUT2D eigenvalue weighted by Crippen LogP contribution is 2.16. The molecule has 0 aliphatic carbocycles. The zero-order valence-electron chi connectivity index (χ0n) is 15.4. The van der Waals surface area contributed by atoms with Gasteiger partial charge in [0.15, 0.2) is 11.7 Å². The Hall–Kier alpha value is -3.48.